The number of halogens is 3. The number of esters is 1. The van der Waals surface area contributed by atoms with Gasteiger partial charge in [0.05, 0.1) is 12.1 Å². The summed E-state index contributed by atoms with van der Waals surface area (Å²) in [5, 5.41) is 3.71. The summed E-state index contributed by atoms with van der Waals surface area (Å²) in [7, 11) is 1.25. The molecule has 0 saturated carbocycles. The molecule has 0 aliphatic rings. The standard InChI is InChI=1S/C21H16Cl2FNO4S/c1-11-18(12-3-6-14(24)7-4-12)19(21(27)28-2)20(30-11)25-17(26)10-29-16-8-5-13(22)9-15(16)23/h3-9H,10H2,1-2H3,(H,25,26). The molecule has 0 aliphatic heterocycles. The van der Waals surface area contributed by atoms with Gasteiger partial charge in [0.15, 0.2) is 6.61 Å². The lowest BCUT2D eigenvalue weighted by Gasteiger charge is -2.10. The fourth-order valence-electron chi connectivity index (χ4n) is 2.79. The van der Waals surface area contributed by atoms with Crippen LogP contribution in [0.2, 0.25) is 10.0 Å². The second-order valence-corrected chi connectivity index (χ2v) is 8.22. The van der Waals surface area contributed by atoms with Gasteiger partial charge >= 0.3 is 5.97 Å². The highest BCUT2D eigenvalue weighted by Crippen LogP contribution is 2.40. The Bertz CT molecular complexity index is 1100. The Balaban J connectivity index is 1.84. The van der Waals surface area contributed by atoms with Gasteiger partial charge in [-0.1, -0.05) is 35.3 Å². The van der Waals surface area contributed by atoms with Gasteiger partial charge < -0.3 is 14.8 Å². The van der Waals surface area contributed by atoms with E-state index in [0.29, 0.717) is 26.9 Å². The second kappa shape index (κ2) is 9.47. The van der Waals surface area contributed by atoms with E-state index in [-0.39, 0.29) is 17.2 Å². The zero-order chi connectivity index (χ0) is 21.8. The van der Waals surface area contributed by atoms with E-state index in [2.05, 4.69) is 5.32 Å². The van der Waals surface area contributed by atoms with Crippen LogP contribution in [-0.2, 0) is 9.53 Å². The zero-order valence-corrected chi connectivity index (χ0v) is 18.3. The number of rotatable bonds is 6. The summed E-state index contributed by atoms with van der Waals surface area (Å²) in [6.45, 7) is 1.47. The van der Waals surface area contributed by atoms with Gasteiger partial charge in [0.25, 0.3) is 5.91 Å². The predicted octanol–water partition coefficient (Wildman–Crippen LogP) is 5.97. The molecule has 9 heteroatoms. The number of hydrogen-bond donors (Lipinski definition) is 1. The molecule has 0 saturated heterocycles. The molecular formula is C21H16Cl2FNO4S. The fourth-order valence-corrected chi connectivity index (χ4v) is 4.34. The average molecular weight is 468 g/mol. The van der Waals surface area contributed by atoms with Crippen LogP contribution in [0.15, 0.2) is 42.5 Å². The Morgan fingerprint density at radius 2 is 1.83 bits per heavy atom. The maximum absolute atomic E-state index is 13.3. The van der Waals surface area contributed by atoms with Crippen molar-refractivity contribution in [3.05, 3.63) is 68.8 Å². The Kier molecular flexibility index (Phi) is 6.97. The van der Waals surface area contributed by atoms with Crippen LogP contribution >= 0.6 is 34.5 Å². The summed E-state index contributed by atoms with van der Waals surface area (Å²) in [4.78, 5) is 25.6. The van der Waals surface area contributed by atoms with E-state index in [0.717, 1.165) is 4.88 Å². The largest absolute Gasteiger partial charge is 0.482 e. The summed E-state index contributed by atoms with van der Waals surface area (Å²) in [6.07, 6.45) is 0. The molecule has 3 rings (SSSR count). The molecule has 156 valence electrons. The summed E-state index contributed by atoms with van der Waals surface area (Å²) in [5.41, 5.74) is 1.41. The normalized spacial score (nSPS) is 10.6. The lowest BCUT2D eigenvalue weighted by molar-refractivity contribution is -0.118. The summed E-state index contributed by atoms with van der Waals surface area (Å²) < 4.78 is 23.6. The first-order chi connectivity index (χ1) is 14.3. The highest BCUT2D eigenvalue weighted by atomic mass is 35.5. The molecule has 1 N–H and O–H groups in total. The first kappa shape index (κ1) is 22.1. The number of amides is 1. The molecule has 0 bridgehead atoms. The number of carbonyl (C=O) groups is 2. The number of ether oxygens (including phenoxy) is 2. The van der Waals surface area contributed by atoms with Crippen molar-refractivity contribution in [1.29, 1.82) is 0 Å². The van der Waals surface area contributed by atoms with E-state index < -0.39 is 17.7 Å². The number of benzene rings is 2. The van der Waals surface area contributed by atoms with Crippen molar-refractivity contribution < 1.29 is 23.5 Å². The van der Waals surface area contributed by atoms with E-state index in [9.17, 15) is 14.0 Å². The van der Waals surface area contributed by atoms with E-state index in [1.165, 1.54) is 36.6 Å². The molecular weight excluding hydrogens is 452 g/mol. The highest BCUT2D eigenvalue weighted by molar-refractivity contribution is 7.17. The average Bonchev–Trinajstić information content (AvgIpc) is 3.03. The first-order valence-electron chi connectivity index (χ1n) is 8.65. The Morgan fingerprint density at radius 1 is 1.13 bits per heavy atom. The zero-order valence-electron chi connectivity index (χ0n) is 15.9. The van der Waals surface area contributed by atoms with Crippen LogP contribution in [0.3, 0.4) is 0 Å². The molecule has 0 atom stereocenters. The third kappa shape index (κ3) is 4.92. The van der Waals surface area contributed by atoms with Crippen molar-refractivity contribution in [2.45, 2.75) is 6.92 Å². The lowest BCUT2D eigenvalue weighted by atomic mass is 10.0. The molecule has 1 aromatic heterocycles. The van der Waals surface area contributed by atoms with Crippen molar-refractivity contribution >= 4 is 51.4 Å². The molecule has 1 amide bonds. The van der Waals surface area contributed by atoms with Gasteiger partial charge in [-0.15, -0.1) is 11.3 Å². The topological polar surface area (TPSA) is 64.6 Å². The quantitative estimate of drug-likeness (QED) is 0.453. The van der Waals surface area contributed by atoms with E-state index in [1.54, 1.807) is 31.2 Å². The number of hydrogen-bond acceptors (Lipinski definition) is 5. The van der Waals surface area contributed by atoms with Crippen LogP contribution in [0.4, 0.5) is 9.39 Å². The van der Waals surface area contributed by atoms with E-state index >= 15 is 0 Å². The Hall–Kier alpha value is -2.61. The van der Waals surface area contributed by atoms with Crippen LogP contribution in [0.1, 0.15) is 15.2 Å². The maximum Gasteiger partial charge on any atom is 0.341 e. The molecule has 0 fully saturated rings. The van der Waals surface area contributed by atoms with Crippen LogP contribution < -0.4 is 10.1 Å². The van der Waals surface area contributed by atoms with Gasteiger partial charge in [-0.2, -0.15) is 0 Å². The summed E-state index contributed by atoms with van der Waals surface area (Å²) in [5.74, 6) is -1.19. The minimum atomic E-state index is -0.615. The van der Waals surface area contributed by atoms with Gasteiger partial charge in [0.2, 0.25) is 0 Å². The van der Waals surface area contributed by atoms with Gasteiger partial charge in [0.1, 0.15) is 22.1 Å². The molecule has 30 heavy (non-hydrogen) atoms. The number of aryl methyl sites for hydroxylation is 1. The maximum atomic E-state index is 13.3. The summed E-state index contributed by atoms with van der Waals surface area (Å²) in [6, 6.07) is 10.4. The third-order valence-electron chi connectivity index (χ3n) is 4.11. The summed E-state index contributed by atoms with van der Waals surface area (Å²) >= 11 is 13.1. The Morgan fingerprint density at radius 3 is 2.47 bits per heavy atom. The van der Waals surface area contributed by atoms with Crippen molar-refractivity contribution in [3.63, 3.8) is 0 Å². The molecule has 3 aromatic rings. The minimum Gasteiger partial charge on any atom is -0.482 e. The monoisotopic (exact) mass is 467 g/mol. The predicted molar refractivity (Wildman–Crippen MR) is 116 cm³/mol. The molecule has 2 aromatic carbocycles. The number of carbonyl (C=O) groups excluding carboxylic acids is 2. The number of thiophene rings is 1. The molecule has 0 unspecified atom stereocenters. The van der Waals surface area contributed by atoms with Gasteiger partial charge in [0, 0.05) is 15.5 Å². The van der Waals surface area contributed by atoms with Crippen LogP contribution in [-0.4, -0.2) is 25.6 Å². The molecule has 0 aliphatic carbocycles. The highest BCUT2D eigenvalue weighted by Gasteiger charge is 2.25. The van der Waals surface area contributed by atoms with Crippen LogP contribution in [0.5, 0.6) is 5.75 Å². The van der Waals surface area contributed by atoms with Crippen molar-refractivity contribution in [1.82, 2.24) is 0 Å². The van der Waals surface area contributed by atoms with E-state index in [1.807, 2.05) is 0 Å². The number of nitrogens with one attached hydrogen (secondary N) is 1. The van der Waals surface area contributed by atoms with Crippen LogP contribution in [0.25, 0.3) is 11.1 Å². The number of methoxy groups -OCH3 is 1. The first-order valence-corrected chi connectivity index (χ1v) is 10.2. The van der Waals surface area contributed by atoms with Gasteiger partial charge in [-0.3, -0.25) is 4.79 Å². The van der Waals surface area contributed by atoms with Crippen molar-refractivity contribution in [2.75, 3.05) is 19.0 Å². The van der Waals surface area contributed by atoms with Crippen molar-refractivity contribution in [2.24, 2.45) is 0 Å². The van der Waals surface area contributed by atoms with Gasteiger partial charge in [-0.25, -0.2) is 9.18 Å². The smallest absolute Gasteiger partial charge is 0.341 e. The van der Waals surface area contributed by atoms with Crippen molar-refractivity contribution in [3.8, 4) is 16.9 Å². The Labute approximate surface area is 186 Å². The molecule has 1 heterocycles. The molecule has 0 radical (unpaired) electrons. The third-order valence-corrected chi connectivity index (χ3v) is 5.66. The van der Waals surface area contributed by atoms with Crippen LogP contribution in [0, 0.1) is 12.7 Å². The minimum absolute atomic E-state index is 0.199. The fraction of sp³-hybridized carbons (Fsp3) is 0.143. The lowest BCUT2D eigenvalue weighted by Crippen LogP contribution is -2.21. The SMILES string of the molecule is COC(=O)c1c(NC(=O)COc2ccc(Cl)cc2Cl)sc(C)c1-c1ccc(F)cc1. The number of anilines is 1. The molecule has 0 spiro atoms. The van der Waals surface area contributed by atoms with E-state index in [4.69, 9.17) is 32.7 Å². The second-order valence-electron chi connectivity index (χ2n) is 6.15. The molecule has 5 nitrogen and oxygen atoms in total. The van der Waals surface area contributed by atoms with Gasteiger partial charge in [-0.05, 0) is 42.8 Å².